The highest BCUT2D eigenvalue weighted by molar-refractivity contribution is 5.68. The van der Waals surface area contributed by atoms with E-state index in [2.05, 4.69) is 4.74 Å². The second-order valence-corrected chi connectivity index (χ2v) is 5.12. The molecular formula is C10H3F17O5. The van der Waals surface area contributed by atoms with Gasteiger partial charge in [-0.05, 0) is 0 Å². The molecule has 0 aliphatic heterocycles. The Morgan fingerprint density at radius 2 is 0.844 bits per heavy atom. The van der Waals surface area contributed by atoms with Gasteiger partial charge >= 0.3 is 54.5 Å². The molecule has 0 saturated carbocycles. The van der Waals surface area contributed by atoms with Crippen LogP contribution >= 0.6 is 0 Å². The number of rotatable bonds is 11. The molecule has 0 bridgehead atoms. The zero-order chi connectivity index (χ0) is 26.4. The van der Waals surface area contributed by atoms with Crippen molar-refractivity contribution < 1.29 is 98.7 Å². The predicted octanol–water partition coefficient (Wildman–Crippen LogP) is 4.92. The first-order valence-electron chi connectivity index (χ1n) is 6.55. The van der Waals surface area contributed by atoms with Crippen molar-refractivity contribution in [2.45, 2.75) is 48.6 Å². The molecular weight excluding hydrogens is 523 g/mol. The van der Waals surface area contributed by atoms with E-state index < -0.39 is 61.1 Å². The fourth-order valence-electron chi connectivity index (χ4n) is 1.14. The third kappa shape index (κ3) is 5.55. The number of halogens is 17. The van der Waals surface area contributed by atoms with Crippen LogP contribution in [-0.2, 0) is 19.0 Å². The third-order valence-electron chi connectivity index (χ3n) is 2.68. The molecule has 5 nitrogen and oxygen atoms in total. The smallest absolute Gasteiger partial charge is 0.462 e. The molecule has 0 amide bonds. The Labute approximate surface area is 161 Å². The number of hydrogen-bond acceptors (Lipinski definition) is 4. The van der Waals surface area contributed by atoms with Crippen molar-refractivity contribution in [3.63, 3.8) is 0 Å². The average Bonchev–Trinajstić information content (AvgIpc) is 2.49. The summed E-state index contributed by atoms with van der Waals surface area (Å²) in [6.45, 7) is -2.47. The van der Waals surface area contributed by atoms with Gasteiger partial charge in [-0.2, -0.15) is 74.6 Å². The maximum atomic E-state index is 13.1. The lowest BCUT2D eigenvalue weighted by Gasteiger charge is -2.37. The van der Waals surface area contributed by atoms with Crippen LogP contribution in [0.3, 0.4) is 0 Å². The normalized spacial score (nSPS) is 15.8. The molecule has 0 saturated heterocycles. The molecule has 0 radical (unpaired) electrons. The molecule has 192 valence electrons. The minimum atomic E-state index is -8.07. The highest BCUT2D eigenvalue weighted by Crippen LogP contribution is 2.55. The summed E-state index contributed by atoms with van der Waals surface area (Å²) in [7, 11) is 0. The van der Waals surface area contributed by atoms with Crippen molar-refractivity contribution in [2.75, 3.05) is 6.61 Å². The molecule has 0 aromatic rings. The highest BCUT2D eigenvalue weighted by atomic mass is 19.4. The minimum Gasteiger partial charge on any atom is -0.480 e. The number of aliphatic carboxylic acids is 1. The van der Waals surface area contributed by atoms with Gasteiger partial charge in [0, 0.05) is 0 Å². The first-order chi connectivity index (χ1) is 13.6. The van der Waals surface area contributed by atoms with Crippen molar-refractivity contribution in [1.29, 1.82) is 0 Å². The molecule has 1 N–H and O–H groups in total. The van der Waals surface area contributed by atoms with Gasteiger partial charge in [-0.15, -0.1) is 0 Å². The van der Waals surface area contributed by atoms with Gasteiger partial charge in [0.25, 0.3) is 0 Å². The Hall–Kier alpha value is -1.84. The minimum absolute atomic E-state index is 1.16. The van der Waals surface area contributed by atoms with Crippen molar-refractivity contribution in [2.24, 2.45) is 0 Å². The monoisotopic (exact) mass is 526 g/mol. The molecule has 0 unspecified atom stereocenters. The van der Waals surface area contributed by atoms with Crippen LogP contribution in [0.1, 0.15) is 0 Å². The fourth-order valence-corrected chi connectivity index (χ4v) is 1.14. The van der Waals surface area contributed by atoms with E-state index in [0.29, 0.717) is 0 Å². The van der Waals surface area contributed by atoms with E-state index in [9.17, 15) is 79.4 Å². The summed E-state index contributed by atoms with van der Waals surface area (Å²) in [5.74, 6) is -18.3. The van der Waals surface area contributed by atoms with Crippen molar-refractivity contribution >= 4 is 5.97 Å². The summed E-state index contributed by atoms with van der Waals surface area (Å²) in [4.78, 5) is 9.89. The van der Waals surface area contributed by atoms with Gasteiger partial charge in [0.1, 0.15) is 0 Å². The molecule has 0 atom stereocenters. The quantitative estimate of drug-likeness (QED) is 0.388. The van der Waals surface area contributed by atoms with Crippen molar-refractivity contribution in [3.8, 4) is 0 Å². The van der Waals surface area contributed by atoms with E-state index >= 15 is 0 Å². The fraction of sp³-hybridized carbons (Fsp3) is 0.900. The standard InChI is InChI=1S/C10H3F17O5/c11-3(12,5(15,16)17)6(18,19)31-7(20,21)4(13,14)8(22,23)32-10(26,27)9(24,25)30-1-2(28)29/h1H2,(H,28,29). The molecule has 0 heterocycles. The van der Waals surface area contributed by atoms with Crippen LogP contribution < -0.4 is 0 Å². The number of hydrogen-bond donors (Lipinski definition) is 1. The lowest BCUT2D eigenvalue weighted by atomic mass is 10.2. The maximum absolute atomic E-state index is 13.1. The molecule has 0 aromatic heterocycles. The van der Waals surface area contributed by atoms with E-state index in [-0.39, 0.29) is 0 Å². The lowest BCUT2D eigenvalue weighted by Crippen LogP contribution is -2.64. The topological polar surface area (TPSA) is 65.0 Å². The van der Waals surface area contributed by atoms with Gasteiger partial charge in [-0.3, -0.25) is 0 Å². The molecule has 0 aliphatic rings. The Morgan fingerprint density at radius 1 is 0.531 bits per heavy atom. The molecule has 0 aliphatic carbocycles. The lowest BCUT2D eigenvalue weighted by molar-refractivity contribution is -0.551. The average molecular weight is 526 g/mol. The van der Waals surface area contributed by atoms with E-state index in [1.807, 2.05) is 0 Å². The van der Waals surface area contributed by atoms with Crippen LogP contribution in [0.5, 0.6) is 0 Å². The Bertz CT molecular complexity index is 684. The summed E-state index contributed by atoms with van der Waals surface area (Å²) in [5, 5.41) is 7.90. The van der Waals surface area contributed by atoms with E-state index in [0.717, 1.165) is 4.74 Å². The number of carboxylic acids is 1. The van der Waals surface area contributed by atoms with Gasteiger partial charge in [0.15, 0.2) is 6.61 Å². The largest absolute Gasteiger partial charge is 0.480 e. The van der Waals surface area contributed by atoms with E-state index in [1.165, 1.54) is 4.74 Å². The van der Waals surface area contributed by atoms with Crippen LogP contribution in [0.4, 0.5) is 74.6 Å². The summed E-state index contributed by atoms with van der Waals surface area (Å²) in [5.41, 5.74) is 0. The summed E-state index contributed by atoms with van der Waals surface area (Å²) in [6.07, 6.45) is -44.8. The number of ether oxygens (including phenoxy) is 3. The maximum Gasteiger partial charge on any atom is 0.462 e. The van der Waals surface area contributed by atoms with Crippen LogP contribution in [0.2, 0.25) is 0 Å². The molecule has 0 aromatic carbocycles. The van der Waals surface area contributed by atoms with Crippen molar-refractivity contribution in [1.82, 2.24) is 0 Å². The van der Waals surface area contributed by atoms with Crippen LogP contribution in [-0.4, -0.2) is 66.2 Å². The van der Waals surface area contributed by atoms with E-state index in [4.69, 9.17) is 5.11 Å². The van der Waals surface area contributed by atoms with Crippen molar-refractivity contribution in [3.05, 3.63) is 0 Å². The Morgan fingerprint density at radius 3 is 1.16 bits per heavy atom. The van der Waals surface area contributed by atoms with Gasteiger partial charge in [0.05, 0.1) is 0 Å². The summed E-state index contributed by atoms with van der Waals surface area (Å²) >= 11 is 0. The zero-order valence-corrected chi connectivity index (χ0v) is 13.7. The van der Waals surface area contributed by atoms with Gasteiger partial charge in [-0.25, -0.2) is 14.3 Å². The Kier molecular flexibility index (Phi) is 7.71. The molecule has 22 heteroatoms. The van der Waals surface area contributed by atoms with E-state index in [1.54, 1.807) is 0 Å². The molecule has 32 heavy (non-hydrogen) atoms. The third-order valence-corrected chi connectivity index (χ3v) is 2.68. The van der Waals surface area contributed by atoms with Gasteiger partial charge in [-0.1, -0.05) is 0 Å². The zero-order valence-electron chi connectivity index (χ0n) is 13.7. The predicted molar refractivity (Wildman–Crippen MR) is 56.4 cm³/mol. The number of alkyl halides is 17. The second kappa shape index (κ2) is 8.18. The number of carboxylic acid groups (broad SMARTS) is 1. The second-order valence-electron chi connectivity index (χ2n) is 5.12. The van der Waals surface area contributed by atoms with Crippen LogP contribution in [0.15, 0.2) is 0 Å². The first-order valence-corrected chi connectivity index (χ1v) is 6.55. The SMILES string of the molecule is O=C(O)COC(F)(F)C(F)(F)OC(F)(F)C(F)(F)C(F)(F)OC(F)(F)C(F)(F)C(F)(F)F. The Balaban J connectivity index is 6.02. The molecule has 0 rings (SSSR count). The highest BCUT2D eigenvalue weighted by Gasteiger charge is 2.84. The summed E-state index contributed by atoms with van der Waals surface area (Å²) < 4.78 is 220. The van der Waals surface area contributed by atoms with Crippen LogP contribution in [0, 0.1) is 0 Å². The van der Waals surface area contributed by atoms with Crippen LogP contribution in [0.25, 0.3) is 0 Å². The molecule has 0 fully saturated rings. The van der Waals surface area contributed by atoms with Gasteiger partial charge in [0.2, 0.25) is 0 Å². The van der Waals surface area contributed by atoms with Gasteiger partial charge < -0.3 is 9.84 Å². The number of carbonyl (C=O) groups is 1. The summed E-state index contributed by atoms with van der Waals surface area (Å²) in [6, 6.07) is 0. The first kappa shape index (κ1) is 30.2. The molecule has 0 spiro atoms.